The lowest BCUT2D eigenvalue weighted by Gasteiger charge is -2.38. The van der Waals surface area contributed by atoms with Gasteiger partial charge in [-0.1, -0.05) is 38.1 Å². The highest BCUT2D eigenvalue weighted by Crippen LogP contribution is 2.25. The van der Waals surface area contributed by atoms with Gasteiger partial charge in [-0.05, 0) is 24.5 Å². The standard InChI is InChI=1S/C17H27N3O.HI/c1-5-14-6-8-15(9-7-14)13(2)20-16(18-4)19-10-17(3)11-21-12-17;/h6-9,13H,5,10-12H2,1-4H3,(H2,18,19,20);1H. The molecule has 5 heteroatoms. The Morgan fingerprint density at radius 2 is 1.95 bits per heavy atom. The highest BCUT2D eigenvalue weighted by molar-refractivity contribution is 14.0. The van der Waals surface area contributed by atoms with Gasteiger partial charge < -0.3 is 15.4 Å². The van der Waals surface area contributed by atoms with Crippen LogP contribution in [0.4, 0.5) is 0 Å². The van der Waals surface area contributed by atoms with Crippen molar-refractivity contribution in [1.29, 1.82) is 0 Å². The minimum Gasteiger partial charge on any atom is -0.380 e. The van der Waals surface area contributed by atoms with Crippen LogP contribution in [0, 0.1) is 5.41 Å². The highest BCUT2D eigenvalue weighted by Gasteiger charge is 2.33. The number of guanidine groups is 1. The topological polar surface area (TPSA) is 45.7 Å². The molecule has 0 bridgehead atoms. The van der Waals surface area contributed by atoms with E-state index >= 15 is 0 Å². The zero-order chi connectivity index (χ0) is 15.3. The fraction of sp³-hybridized carbons (Fsp3) is 0.588. The average Bonchev–Trinajstić information content (AvgIpc) is 2.49. The first-order valence-electron chi connectivity index (χ1n) is 7.70. The Balaban J connectivity index is 0.00000242. The number of halogens is 1. The van der Waals surface area contributed by atoms with Crippen molar-refractivity contribution in [2.24, 2.45) is 10.4 Å². The Labute approximate surface area is 151 Å². The lowest BCUT2D eigenvalue weighted by atomic mass is 9.89. The second-order valence-electron chi connectivity index (χ2n) is 6.19. The summed E-state index contributed by atoms with van der Waals surface area (Å²) in [5.74, 6) is 0.843. The van der Waals surface area contributed by atoms with Crippen LogP contribution in [0.3, 0.4) is 0 Å². The zero-order valence-corrected chi connectivity index (χ0v) is 16.3. The van der Waals surface area contributed by atoms with Gasteiger partial charge in [-0.2, -0.15) is 0 Å². The summed E-state index contributed by atoms with van der Waals surface area (Å²) in [6.07, 6.45) is 1.08. The van der Waals surface area contributed by atoms with Gasteiger partial charge in [0.15, 0.2) is 5.96 Å². The highest BCUT2D eigenvalue weighted by atomic mass is 127. The number of rotatable bonds is 5. The maximum absolute atomic E-state index is 5.28. The Kier molecular flexibility index (Phi) is 7.62. The lowest BCUT2D eigenvalue weighted by molar-refractivity contribution is -0.0971. The Bertz CT molecular complexity index is 483. The van der Waals surface area contributed by atoms with Crippen molar-refractivity contribution in [1.82, 2.24) is 10.6 Å². The molecule has 1 atom stereocenters. The molecule has 124 valence electrons. The van der Waals surface area contributed by atoms with E-state index in [-0.39, 0.29) is 35.4 Å². The molecule has 1 unspecified atom stereocenters. The summed E-state index contributed by atoms with van der Waals surface area (Å²) < 4.78 is 5.28. The van der Waals surface area contributed by atoms with Crippen molar-refractivity contribution in [3.8, 4) is 0 Å². The summed E-state index contributed by atoms with van der Waals surface area (Å²) >= 11 is 0. The van der Waals surface area contributed by atoms with Gasteiger partial charge >= 0.3 is 0 Å². The maximum atomic E-state index is 5.28. The van der Waals surface area contributed by atoms with Crippen LogP contribution in [0.5, 0.6) is 0 Å². The maximum Gasteiger partial charge on any atom is 0.191 e. The van der Waals surface area contributed by atoms with Crippen LogP contribution in [0.1, 0.15) is 37.9 Å². The summed E-state index contributed by atoms with van der Waals surface area (Å²) in [4.78, 5) is 4.30. The predicted molar refractivity (Wildman–Crippen MR) is 103 cm³/mol. The average molecular weight is 417 g/mol. The molecule has 0 radical (unpaired) electrons. The SMILES string of the molecule is CCc1ccc(C(C)NC(=NC)NCC2(C)COC2)cc1.I. The number of aryl methyl sites for hydroxylation is 1. The molecule has 4 nitrogen and oxygen atoms in total. The molecule has 1 aromatic rings. The van der Waals surface area contributed by atoms with Crippen LogP contribution in [0.15, 0.2) is 29.3 Å². The van der Waals surface area contributed by atoms with E-state index < -0.39 is 0 Å². The molecule has 0 aliphatic carbocycles. The van der Waals surface area contributed by atoms with Crippen LogP contribution in [0.2, 0.25) is 0 Å². The first kappa shape index (κ1) is 19.2. The van der Waals surface area contributed by atoms with E-state index in [1.807, 2.05) is 7.05 Å². The first-order chi connectivity index (χ1) is 10.1. The van der Waals surface area contributed by atoms with Gasteiger partial charge in [-0.15, -0.1) is 24.0 Å². The van der Waals surface area contributed by atoms with Crippen molar-refractivity contribution in [3.63, 3.8) is 0 Å². The molecule has 1 aliphatic rings. The van der Waals surface area contributed by atoms with Crippen LogP contribution in [-0.4, -0.2) is 32.8 Å². The number of ether oxygens (including phenoxy) is 1. The number of aliphatic imine (C=N–C) groups is 1. The minimum absolute atomic E-state index is 0. The number of hydrogen-bond acceptors (Lipinski definition) is 2. The molecule has 1 aliphatic heterocycles. The summed E-state index contributed by atoms with van der Waals surface area (Å²) in [6, 6.07) is 8.98. The molecule has 2 rings (SSSR count). The van der Waals surface area contributed by atoms with E-state index in [1.54, 1.807) is 0 Å². The second kappa shape index (κ2) is 8.72. The fourth-order valence-corrected chi connectivity index (χ4v) is 2.37. The van der Waals surface area contributed by atoms with Crippen LogP contribution in [0.25, 0.3) is 0 Å². The molecule has 1 saturated heterocycles. The van der Waals surface area contributed by atoms with Gasteiger partial charge in [0.1, 0.15) is 0 Å². The molecule has 2 N–H and O–H groups in total. The Hall–Kier alpha value is -0.820. The summed E-state index contributed by atoms with van der Waals surface area (Å²) in [5.41, 5.74) is 2.88. The van der Waals surface area contributed by atoms with Crippen molar-refractivity contribution in [2.45, 2.75) is 33.2 Å². The number of benzene rings is 1. The van der Waals surface area contributed by atoms with Crippen LogP contribution in [-0.2, 0) is 11.2 Å². The van der Waals surface area contributed by atoms with Gasteiger partial charge in [-0.25, -0.2) is 0 Å². The normalized spacial score (nSPS) is 17.9. The quantitative estimate of drug-likeness (QED) is 0.440. The van der Waals surface area contributed by atoms with Crippen molar-refractivity contribution in [3.05, 3.63) is 35.4 Å². The Morgan fingerprint density at radius 1 is 1.32 bits per heavy atom. The minimum atomic E-state index is 0. The van der Waals surface area contributed by atoms with Gasteiger partial charge in [0.25, 0.3) is 0 Å². The summed E-state index contributed by atoms with van der Waals surface area (Å²) in [6.45, 7) is 9.09. The molecule has 0 aromatic heterocycles. The first-order valence-corrected chi connectivity index (χ1v) is 7.70. The van der Waals surface area contributed by atoms with E-state index in [0.29, 0.717) is 0 Å². The van der Waals surface area contributed by atoms with E-state index in [4.69, 9.17) is 4.74 Å². The molecule has 0 spiro atoms. The third-order valence-corrected chi connectivity index (χ3v) is 4.05. The monoisotopic (exact) mass is 417 g/mol. The molecule has 22 heavy (non-hydrogen) atoms. The van der Waals surface area contributed by atoms with Gasteiger partial charge in [0, 0.05) is 19.0 Å². The molecule has 0 amide bonds. The van der Waals surface area contributed by atoms with Crippen molar-refractivity contribution < 1.29 is 4.74 Å². The molecule has 1 aromatic carbocycles. The van der Waals surface area contributed by atoms with E-state index in [2.05, 4.69) is 60.7 Å². The molecule has 1 heterocycles. The smallest absolute Gasteiger partial charge is 0.191 e. The zero-order valence-electron chi connectivity index (χ0n) is 14.0. The molecule has 1 fully saturated rings. The van der Waals surface area contributed by atoms with Crippen molar-refractivity contribution in [2.75, 3.05) is 26.8 Å². The summed E-state index contributed by atoms with van der Waals surface area (Å²) in [5, 5.41) is 6.83. The number of nitrogens with one attached hydrogen (secondary N) is 2. The van der Waals surface area contributed by atoms with Crippen LogP contribution < -0.4 is 10.6 Å². The third kappa shape index (κ3) is 5.12. The lowest BCUT2D eigenvalue weighted by Crippen LogP contribution is -2.51. The van der Waals surface area contributed by atoms with E-state index in [1.165, 1.54) is 11.1 Å². The largest absolute Gasteiger partial charge is 0.380 e. The molecule has 0 saturated carbocycles. The second-order valence-corrected chi connectivity index (χ2v) is 6.19. The number of nitrogens with zero attached hydrogens (tertiary/aromatic N) is 1. The fourth-order valence-electron chi connectivity index (χ4n) is 2.37. The van der Waals surface area contributed by atoms with Gasteiger partial charge in [0.2, 0.25) is 0 Å². The van der Waals surface area contributed by atoms with Crippen molar-refractivity contribution >= 4 is 29.9 Å². The summed E-state index contributed by atoms with van der Waals surface area (Å²) in [7, 11) is 1.81. The Morgan fingerprint density at radius 3 is 2.41 bits per heavy atom. The van der Waals surface area contributed by atoms with E-state index in [9.17, 15) is 0 Å². The molecular weight excluding hydrogens is 389 g/mol. The van der Waals surface area contributed by atoms with E-state index in [0.717, 1.165) is 32.1 Å². The van der Waals surface area contributed by atoms with Crippen LogP contribution >= 0.6 is 24.0 Å². The molecular formula is C17H28IN3O. The van der Waals surface area contributed by atoms with Gasteiger partial charge in [0.05, 0.1) is 19.3 Å². The third-order valence-electron chi connectivity index (χ3n) is 4.05. The van der Waals surface area contributed by atoms with Gasteiger partial charge in [-0.3, -0.25) is 4.99 Å². The predicted octanol–water partition coefficient (Wildman–Crippen LogP) is 3.13. The number of hydrogen-bond donors (Lipinski definition) is 2.